The van der Waals surface area contributed by atoms with E-state index < -0.39 is 15.9 Å². The Morgan fingerprint density at radius 1 is 0.879 bits per heavy atom. The quantitative estimate of drug-likeness (QED) is 0.503. The van der Waals surface area contributed by atoms with Gasteiger partial charge >= 0.3 is 0 Å². The molecule has 0 aliphatic heterocycles. The summed E-state index contributed by atoms with van der Waals surface area (Å²) in [6, 6.07) is 21.5. The molecular formula is C24H25N3O5S. The molecule has 0 bridgehead atoms. The van der Waals surface area contributed by atoms with Gasteiger partial charge in [0.25, 0.3) is 15.9 Å². The summed E-state index contributed by atoms with van der Waals surface area (Å²) in [5, 5.41) is 5.25. The van der Waals surface area contributed by atoms with Crippen LogP contribution in [0, 0.1) is 0 Å². The number of hydrogen-bond donors (Lipinski definition) is 2. The summed E-state index contributed by atoms with van der Waals surface area (Å²) in [4.78, 5) is 24.4. The third kappa shape index (κ3) is 6.11. The molecule has 0 aliphatic rings. The van der Waals surface area contributed by atoms with E-state index in [9.17, 15) is 18.0 Å². The van der Waals surface area contributed by atoms with Gasteiger partial charge in [-0.1, -0.05) is 30.3 Å². The van der Waals surface area contributed by atoms with Crippen molar-refractivity contribution >= 4 is 27.5 Å². The van der Waals surface area contributed by atoms with Gasteiger partial charge in [-0.25, -0.2) is 8.42 Å². The molecule has 0 saturated heterocycles. The first-order chi connectivity index (χ1) is 15.8. The fraction of sp³-hybridized carbons (Fsp3) is 0.167. The summed E-state index contributed by atoms with van der Waals surface area (Å²) in [5.74, 6) is -0.0966. The van der Waals surface area contributed by atoms with Crippen LogP contribution in [0.2, 0.25) is 0 Å². The fourth-order valence-electron chi connectivity index (χ4n) is 2.98. The van der Waals surface area contributed by atoms with E-state index in [2.05, 4.69) is 10.6 Å². The van der Waals surface area contributed by atoms with E-state index in [1.165, 1.54) is 35.6 Å². The molecule has 172 valence electrons. The monoisotopic (exact) mass is 467 g/mol. The fourth-order valence-corrected chi connectivity index (χ4v) is 4.18. The molecule has 9 heteroatoms. The van der Waals surface area contributed by atoms with Crippen LogP contribution in [0.25, 0.3) is 0 Å². The van der Waals surface area contributed by atoms with Gasteiger partial charge in [0.2, 0.25) is 5.91 Å². The maximum absolute atomic E-state index is 12.8. The number of ether oxygens (including phenoxy) is 1. The second-order valence-electron chi connectivity index (χ2n) is 7.14. The zero-order chi connectivity index (χ0) is 23.8. The number of nitrogens with zero attached hydrogens (tertiary/aromatic N) is 1. The molecule has 2 amide bonds. The molecule has 3 aromatic carbocycles. The highest BCUT2D eigenvalue weighted by Gasteiger charge is 2.21. The molecule has 0 heterocycles. The number of carbonyl (C=O) groups is 2. The molecule has 0 atom stereocenters. The predicted octanol–water partition coefficient (Wildman–Crippen LogP) is 2.57. The maximum Gasteiger partial charge on any atom is 0.264 e. The van der Waals surface area contributed by atoms with Gasteiger partial charge in [0.15, 0.2) is 0 Å². The minimum absolute atomic E-state index is 0.0580. The average molecular weight is 468 g/mol. The molecule has 0 saturated carbocycles. The van der Waals surface area contributed by atoms with Gasteiger partial charge < -0.3 is 15.4 Å². The number of anilines is 1. The number of amides is 2. The highest BCUT2D eigenvalue weighted by Crippen LogP contribution is 2.21. The molecule has 0 aromatic heterocycles. The Balaban J connectivity index is 1.53. The highest BCUT2D eigenvalue weighted by atomic mass is 32.2. The summed E-state index contributed by atoms with van der Waals surface area (Å²) in [6.45, 7) is 0.117. The van der Waals surface area contributed by atoms with Crippen LogP contribution in [0.5, 0.6) is 5.75 Å². The van der Waals surface area contributed by atoms with Crippen LogP contribution in [0.15, 0.2) is 83.8 Å². The molecule has 3 aromatic rings. The zero-order valence-electron chi connectivity index (χ0n) is 18.3. The highest BCUT2D eigenvalue weighted by molar-refractivity contribution is 7.92. The standard InChI is InChI=1S/C24H25N3O5S/c1-27(20-6-4-3-5-7-20)33(30,31)22-14-10-19(11-15-22)24(29)26-17-23(28)25-16-18-8-12-21(32-2)13-9-18/h3-15H,16-17H2,1-2H3,(H,25,28)(H,26,29). The van der Waals surface area contributed by atoms with Crippen molar-refractivity contribution in [2.45, 2.75) is 11.4 Å². The lowest BCUT2D eigenvalue weighted by Crippen LogP contribution is -2.36. The summed E-state index contributed by atoms with van der Waals surface area (Å²) < 4.78 is 31.9. The Kier molecular flexibility index (Phi) is 7.68. The van der Waals surface area contributed by atoms with Crippen LogP contribution >= 0.6 is 0 Å². The van der Waals surface area contributed by atoms with Crippen molar-refractivity contribution in [3.8, 4) is 5.75 Å². The van der Waals surface area contributed by atoms with Crippen LogP contribution in [0.3, 0.4) is 0 Å². The van der Waals surface area contributed by atoms with Crippen molar-refractivity contribution in [3.05, 3.63) is 90.0 Å². The van der Waals surface area contributed by atoms with E-state index in [0.717, 1.165) is 11.3 Å². The van der Waals surface area contributed by atoms with E-state index in [0.29, 0.717) is 12.2 Å². The SMILES string of the molecule is COc1ccc(CNC(=O)CNC(=O)c2ccc(S(=O)(=O)N(C)c3ccccc3)cc2)cc1. The van der Waals surface area contributed by atoms with E-state index in [-0.39, 0.29) is 22.9 Å². The molecular weight excluding hydrogens is 442 g/mol. The first-order valence-electron chi connectivity index (χ1n) is 10.1. The van der Waals surface area contributed by atoms with Crippen molar-refractivity contribution in [2.75, 3.05) is 25.0 Å². The number of sulfonamides is 1. The van der Waals surface area contributed by atoms with Crippen LogP contribution in [-0.4, -0.2) is 40.9 Å². The number of carbonyl (C=O) groups excluding carboxylic acids is 2. The maximum atomic E-state index is 12.8. The van der Waals surface area contributed by atoms with Crippen molar-refractivity contribution in [1.29, 1.82) is 0 Å². The molecule has 0 fully saturated rings. The smallest absolute Gasteiger partial charge is 0.264 e. The largest absolute Gasteiger partial charge is 0.497 e. The molecule has 3 rings (SSSR count). The van der Waals surface area contributed by atoms with E-state index in [1.807, 2.05) is 12.1 Å². The van der Waals surface area contributed by atoms with Gasteiger partial charge in [-0.15, -0.1) is 0 Å². The Hall–Kier alpha value is -3.85. The molecule has 0 spiro atoms. The van der Waals surface area contributed by atoms with Gasteiger partial charge in [0.05, 0.1) is 24.2 Å². The van der Waals surface area contributed by atoms with Crippen molar-refractivity contribution in [2.24, 2.45) is 0 Å². The molecule has 33 heavy (non-hydrogen) atoms. The lowest BCUT2D eigenvalue weighted by Gasteiger charge is -2.19. The zero-order valence-corrected chi connectivity index (χ0v) is 19.1. The van der Waals surface area contributed by atoms with Gasteiger partial charge in [0.1, 0.15) is 5.75 Å². The van der Waals surface area contributed by atoms with Crippen molar-refractivity contribution in [3.63, 3.8) is 0 Å². The van der Waals surface area contributed by atoms with Crippen LogP contribution in [0.1, 0.15) is 15.9 Å². The number of methoxy groups -OCH3 is 1. The first-order valence-corrected chi connectivity index (χ1v) is 11.6. The van der Waals surface area contributed by atoms with E-state index >= 15 is 0 Å². The number of nitrogens with one attached hydrogen (secondary N) is 2. The van der Waals surface area contributed by atoms with Crippen LogP contribution < -0.4 is 19.7 Å². The molecule has 0 aliphatic carbocycles. The molecule has 8 nitrogen and oxygen atoms in total. The summed E-state index contributed by atoms with van der Waals surface area (Å²) in [6.07, 6.45) is 0. The molecule has 0 radical (unpaired) electrons. The Labute approximate surface area is 193 Å². The van der Waals surface area contributed by atoms with E-state index in [1.54, 1.807) is 49.6 Å². The third-order valence-electron chi connectivity index (χ3n) is 4.95. The van der Waals surface area contributed by atoms with Crippen LogP contribution in [0.4, 0.5) is 5.69 Å². The topological polar surface area (TPSA) is 105 Å². The van der Waals surface area contributed by atoms with Gasteiger partial charge in [-0.3, -0.25) is 13.9 Å². The minimum Gasteiger partial charge on any atom is -0.497 e. The van der Waals surface area contributed by atoms with Crippen molar-refractivity contribution in [1.82, 2.24) is 10.6 Å². The number of para-hydroxylation sites is 1. The van der Waals surface area contributed by atoms with Gasteiger partial charge in [0, 0.05) is 19.2 Å². The lowest BCUT2D eigenvalue weighted by molar-refractivity contribution is -0.120. The Morgan fingerprint density at radius 2 is 1.52 bits per heavy atom. The Bertz CT molecular complexity index is 1200. The molecule has 0 unspecified atom stereocenters. The molecule has 2 N–H and O–H groups in total. The number of rotatable bonds is 9. The average Bonchev–Trinajstić information content (AvgIpc) is 2.86. The summed E-state index contributed by atoms with van der Waals surface area (Å²) >= 11 is 0. The van der Waals surface area contributed by atoms with Crippen LogP contribution in [-0.2, 0) is 21.4 Å². The first kappa shape index (κ1) is 23.8. The Morgan fingerprint density at radius 3 is 2.12 bits per heavy atom. The number of hydrogen-bond acceptors (Lipinski definition) is 5. The summed E-state index contributed by atoms with van der Waals surface area (Å²) in [7, 11) is -0.722. The second-order valence-corrected chi connectivity index (χ2v) is 9.11. The number of benzene rings is 3. The van der Waals surface area contributed by atoms with Crippen molar-refractivity contribution < 1.29 is 22.7 Å². The lowest BCUT2D eigenvalue weighted by atomic mass is 10.2. The van der Waals surface area contributed by atoms with Gasteiger partial charge in [-0.2, -0.15) is 0 Å². The normalized spacial score (nSPS) is 10.8. The minimum atomic E-state index is -3.77. The van der Waals surface area contributed by atoms with Gasteiger partial charge in [-0.05, 0) is 54.1 Å². The predicted molar refractivity (Wildman–Crippen MR) is 126 cm³/mol. The van der Waals surface area contributed by atoms with E-state index in [4.69, 9.17) is 4.74 Å². The second kappa shape index (κ2) is 10.6. The summed E-state index contributed by atoms with van der Waals surface area (Å²) in [5.41, 5.74) is 1.67. The third-order valence-corrected chi connectivity index (χ3v) is 6.75.